The Balaban J connectivity index is 1.55. The van der Waals surface area contributed by atoms with Gasteiger partial charge in [-0.05, 0) is 24.5 Å². The average molecular weight is 340 g/mol. The number of benzene rings is 1. The van der Waals surface area contributed by atoms with Gasteiger partial charge in [0.25, 0.3) is 0 Å². The molecule has 1 saturated heterocycles. The third kappa shape index (κ3) is 6.77. The first-order valence-corrected chi connectivity index (χ1v) is 8.51. The molecule has 0 aromatic heterocycles. The molecular formula is C17H26ClN3O2. The minimum atomic E-state index is 0.577. The van der Waals surface area contributed by atoms with Crippen molar-refractivity contribution in [2.45, 2.75) is 19.4 Å². The predicted molar refractivity (Wildman–Crippen MR) is 94.0 cm³/mol. The zero-order chi connectivity index (χ0) is 16.3. The van der Waals surface area contributed by atoms with Gasteiger partial charge in [-0.1, -0.05) is 29.8 Å². The fourth-order valence-corrected chi connectivity index (χ4v) is 2.59. The number of hydrogen-bond acceptors (Lipinski definition) is 3. The number of halogens is 1. The Labute approximate surface area is 143 Å². The molecule has 0 saturated carbocycles. The topological polar surface area (TPSA) is 54.9 Å². The quantitative estimate of drug-likeness (QED) is 0.434. The highest BCUT2D eigenvalue weighted by molar-refractivity contribution is 6.31. The van der Waals surface area contributed by atoms with Gasteiger partial charge in [0.2, 0.25) is 0 Å². The largest absolute Gasteiger partial charge is 0.381 e. The normalized spacial score (nSPS) is 18.2. The van der Waals surface area contributed by atoms with Crippen molar-refractivity contribution in [3.8, 4) is 0 Å². The van der Waals surface area contributed by atoms with Gasteiger partial charge < -0.3 is 20.1 Å². The second kappa shape index (κ2) is 10.5. The molecule has 0 bridgehead atoms. The van der Waals surface area contributed by atoms with E-state index in [-0.39, 0.29) is 0 Å². The van der Waals surface area contributed by atoms with E-state index in [9.17, 15) is 0 Å². The Hall–Kier alpha value is -1.30. The van der Waals surface area contributed by atoms with Gasteiger partial charge in [0.05, 0.1) is 13.2 Å². The highest BCUT2D eigenvalue weighted by Crippen LogP contribution is 2.14. The van der Waals surface area contributed by atoms with Gasteiger partial charge in [-0.2, -0.15) is 0 Å². The van der Waals surface area contributed by atoms with Crippen LogP contribution in [-0.2, 0) is 16.0 Å². The van der Waals surface area contributed by atoms with Crippen LogP contribution in [0.15, 0.2) is 29.3 Å². The van der Waals surface area contributed by atoms with Crippen molar-refractivity contribution >= 4 is 17.6 Å². The first-order valence-electron chi connectivity index (χ1n) is 8.13. The Kier molecular flexibility index (Phi) is 8.21. The van der Waals surface area contributed by atoms with Crippen LogP contribution in [0.4, 0.5) is 0 Å². The summed E-state index contributed by atoms with van der Waals surface area (Å²) in [6, 6.07) is 7.80. The van der Waals surface area contributed by atoms with Crippen LogP contribution in [-0.4, -0.2) is 46.0 Å². The van der Waals surface area contributed by atoms with Crippen molar-refractivity contribution in [3.63, 3.8) is 0 Å². The smallest absolute Gasteiger partial charge is 0.191 e. The van der Waals surface area contributed by atoms with Crippen molar-refractivity contribution in [1.82, 2.24) is 10.6 Å². The maximum absolute atomic E-state index is 6.14. The lowest BCUT2D eigenvalue weighted by molar-refractivity contribution is 0.0888. The third-order valence-electron chi connectivity index (χ3n) is 3.76. The van der Waals surface area contributed by atoms with Crippen LogP contribution in [0.2, 0.25) is 5.02 Å². The molecule has 5 nitrogen and oxygen atoms in total. The van der Waals surface area contributed by atoms with Gasteiger partial charge in [0.15, 0.2) is 5.96 Å². The van der Waals surface area contributed by atoms with E-state index in [1.54, 1.807) is 7.05 Å². The fourth-order valence-electron chi connectivity index (χ4n) is 2.39. The summed E-state index contributed by atoms with van der Waals surface area (Å²) in [5, 5.41) is 7.30. The van der Waals surface area contributed by atoms with Gasteiger partial charge in [-0.15, -0.1) is 0 Å². The second-order valence-corrected chi connectivity index (χ2v) is 6.01. The van der Waals surface area contributed by atoms with Crippen LogP contribution in [0, 0.1) is 5.92 Å². The molecule has 23 heavy (non-hydrogen) atoms. The maximum atomic E-state index is 6.14. The van der Waals surface area contributed by atoms with Crippen LogP contribution >= 0.6 is 11.6 Å². The summed E-state index contributed by atoms with van der Waals surface area (Å²) in [7, 11) is 1.76. The molecule has 128 valence electrons. The summed E-state index contributed by atoms with van der Waals surface area (Å²) in [6.45, 7) is 4.76. The molecule has 1 fully saturated rings. The van der Waals surface area contributed by atoms with Crippen LogP contribution < -0.4 is 10.6 Å². The fraction of sp³-hybridized carbons (Fsp3) is 0.588. The van der Waals surface area contributed by atoms with Crippen molar-refractivity contribution in [3.05, 3.63) is 34.9 Å². The number of hydrogen-bond donors (Lipinski definition) is 2. The molecule has 1 aromatic carbocycles. The Morgan fingerprint density at radius 2 is 2.26 bits per heavy atom. The zero-order valence-corrected chi connectivity index (χ0v) is 14.4. The zero-order valence-electron chi connectivity index (χ0n) is 13.7. The van der Waals surface area contributed by atoms with Crippen LogP contribution in [0.25, 0.3) is 0 Å². The standard InChI is InChI=1S/C17H26ClN3O2/c1-19-17(21-11-15-5-2-3-6-16(15)18)20-8-4-9-22-12-14-7-10-23-13-14/h2-3,5-6,14H,4,7-13H2,1H3,(H2,19,20,21). The van der Waals surface area contributed by atoms with E-state index in [1.807, 2.05) is 24.3 Å². The van der Waals surface area contributed by atoms with E-state index < -0.39 is 0 Å². The Bertz CT molecular complexity index is 490. The van der Waals surface area contributed by atoms with Crippen molar-refractivity contribution < 1.29 is 9.47 Å². The highest BCUT2D eigenvalue weighted by atomic mass is 35.5. The molecule has 1 atom stereocenters. The molecular weight excluding hydrogens is 314 g/mol. The summed E-state index contributed by atoms with van der Waals surface area (Å²) >= 11 is 6.14. The minimum Gasteiger partial charge on any atom is -0.381 e. The molecule has 2 N–H and O–H groups in total. The Morgan fingerprint density at radius 3 is 3.00 bits per heavy atom. The number of ether oxygens (including phenoxy) is 2. The molecule has 1 unspecified atom stereocenters. The number of aliphatic imine (C=N–C) groups is 1. The van der Waals surface area contributed by atoms with E-state index >= 15 is 0 Å². The number of rotatable bonds is 8. The van der Waals surface area contributed by atoms with Gasteiger partial charge in [-0.3, -0.25) is 4.99 Å². The lowest BCUT2D eigenvalue weighted by Gasteiger charge is -2.13. The highest BCUT2D eigenvalue weighted by Gasteiger charge is 2.15. The van der Waals surface area contributed by atoms with Crippen molar-refractivity contribution in [2.24, 2.45) is 10.9 Å². The first-order chi connectivity index (χ1) is 11.3. The SMILES string of the molecule is CN=C(NCCCOCC1CCOC1)NCc1ccccc1Cl. The maximum Gasteiger partial charge on any atom is 0.191 e. The monoisotopic (exact) mass is 339 g/mol. The van der Waals surface area contributed by atoms with E-state index in [2.05, 4.69) is 15.6 Å². The molecule has 0 aliphatic carbocycles. The lowest BCUT2D eigenvalue weighted by Crippen LogP contribution is -2.37. The third-order valence-corrected chi connectivity index (χ3v) is 4.13. The summed E-state index contributed by atoms with van der Waals surface area (Å²) in [6.07, 6.45) is 2.07. The molecule has 1 aromatic rings. The molecule has 0 amide bonds. The first kappa shape index (κ1) is 18.0. The van der Waals surface area contributed by atoms with Crippen LogP contribution in [0.1, 0.15) is 18.4 Å². The number of nitrogens with zero attached hydrogens (tertiary/aromatic N) is 1. The van der Waals surface area contributed by atoms with Crippen molar-refractivity contribution in [1.29, 1.82) is 0 Å². The molecule has 1 aliphatic rings. The van der Waals surface area contributed by atoms with E-state index in [4.69, 9.17) is 21.1 Å². The lowest BCUT2D eigenvalue weighted by atomic mass is 10.1. The van der Waals surface area contributed by atoms with Crippen molar-refractivity contribution in [2.75, 3.05) is 40.0 Å². The summed E-state index contributed by atoms with van der Waals surface area (Å²) in [5.74, 6) is 1.35. The second-order valence-electron chi connectivity index (χ2n) is 5.60. The molecule has 1 heterocycles. The molecule has 6 heteroatoms. The van der Waals surface area contributed by atoms with Crippen LogP contribution in [0.3, 0.4) is 0 Å². The average Bonchev–Trinajstić information content (AvgIpc) is 3.08. The van der Waals surface area contributed by atoms with Gasteiger partial charge in [0, 0.05) is 44.3 Å². The summed E-state index contributed by atoms with van der Waals surface area (Å²) in [5.41, 5.74) is 1.05. The molecule has 0 spiro atoms. The van der Waals surface area contributed by atoms with Gasteiger partial charge in [-0.25, -0.2) is 0 Å². The minimum absolute atomic E-state index is 0.577. The molecule has 0 radical (unpaired) electrons. The van der Waals surface area contributed by atoms with Crippen LogP contribution in [0.5, 0.6) is 0 Å². The van der Waals surface area contributed by atoms with E-state index in [0.717, 1.165) is 62.4 Å². The van der Waals surface area contributed by atoms with E-state index in [1.165, 1.54) is 0 Å². The Morgan fingerprint density at radius 1 is 1.39 bits per heavy atom. The van der Waals surface area contributed by atoms with Gasteiger partial charge >= 0.3 is 0 Å². The molecule has 2 rings (SSSR count). The van der Waals surface area contributed by atoms with Gasteiger partial charge in [0.1, 0.15) is 0 Å². The summed E-state index contributed by atoms with van der Waals surface area (Å²) in [4.78, 5) is 4.21. The summed E-state index contributed by atoms with van der Waals surface area (Å²) < 4.78 is 11.0. The number of nitrogens with one attached hydrogen (secondary N) is 2. The number of guanidine groups is 1. The predicted octanol–water partition coefficient (Wildman–Crippen LogP) is 2.45. The van der Waals surface area contributed by atoms with E-state index in [0.29, 0.717) is 12.5 Å². The molecule has 1 aliphatic heterocycles.